The van der Waals surface area contributed by atoms with Gasteiger partial charge in [-0.1, -0.05) is 11.6 Å². The largest absolute Gasteiger partial charge is 0.398 e. The summed E-state index contributed by atoms with van der Waals surface area (Å²) in [5.41, 5.74) is 6.65. The van der Waals surface area contributed by atoms with E-state index in [0.717, 1.165) is 19.4 Å². The van der Waals surface area contributed by atoms with Crippen LogP contribution in [-0.4, -0.2) is 40.5 Å². The Morgan fingerprint density at radius 3 is 2.55 bits per heavy atom. The predicted molar refractivity (Wildman–Crippen MR) is 83.6 cm³/mol. The van der Waals surface area contributed by atoms with Crippen molar-refractivity contribution in [1.29, 1.82) is 0 Å². The Balaban J connectivity index is 2.70. The summed E-state index contributed by atoms with van der Waals surface area (Å²) in [6, 6.07) is 2.97. The molecule has 1 rings (SSSR count). The molecule has 0 bridgehead atoms. The Bertz CT molecular complexity index is 559. The molecule has 0 aliphatic carbocycles. The third kappa shape index (κ3) is 4.94. The highest BCUT2D eigenvalue weighted by molar-refractivity contribution is 7.89. The van der Waals surface area contributed by atoms with Gasteiger partial charge < -0.3 is 10.6 Å². The second kappa shape index (κ2) is 7.26. The summed E-state index contributed by atoms with van der Waals surface area (Å²) in [5, 5.41) is 0.320. The SMILES string of the molecule is Cc1c(N)cc(Cl)cc1S(=O)(=O)NCCCCN(C)C. The number of sulfonamides is 1. The van der Waals surface area contributed by atoms with Crippen LogP contribution in [-0.2, 0) is 10.0 Å². The average molecular weight is 320 g/mol. The van der Waals surface area contributed by atoms with Crippen molar-refractivity contribution in [3.8, 4) is 0 Å². The number of rotatable bonds is 7. The van der Waals surface area contributed by atoms with Crippen LogP contribution >= 0.6 is 11.6 Å². The van der Waals surface area contributed by atoms with Crippen LogP contribution in [0.4, 0.5) is 5.69 Å². The molecule has 114 valence electrons. The van der Waals surface area contributed by atoms with Gasteiger partial charge in [0.05, 0.1) is 4.90 Å². The minimum atomic E-state index is -3.56. The van der Waals surface area contributed by atoms with Crippen LogP contribution in [0.5, 0.6) is 0 Å². The van der Waals surface area contributed by atoms with E-state index >= 15 is 0 Å². The molecular weight excluding hydrogens is 298 g/mol. The second-order valence-electron chi connectivity index (χ2n) is 5.03. The van der Waals surface area contributed by atoms with E-state index in [9.17, 15) is 8.42 Å². The summed E-state index contributed by atoms with van der Waals surface area (Å²) < 4.78 is 27.0. The first-order valence-electron chi connectivity index (χ1n) is 6.44. The molecular formula is C13H22ClN3O2S. The highest BCUT2D eigenvalue weighted by Gasteiger charge is 2.18. The fourth-order valence-corrected chi connectivity index (χ4v) is 3.45. The van der Waals surface area contributed by atoms with Gasteiger partial charge >= 0.3 is 0 Å². The Morgan fingerprint density at radius 1 is 1.30 bits per heavy atom. The lowest BCUT2D eigenvalue weighted by Gasteiger charge is -2.12. The van der Waals surface area contributed by atoms with Gasteiger partial charge in [-0.3, -0.25) is 0 Å². The van der Waals surface area contributed by atoms with Crippen molar-refractivity contribution in [3.05, 3.63) is 22.7 Å². The van der Waals surface area contributed by atoms with Crippen molar-refractivity contribution in [3.63, 3.8) is 0 Å². The standard InChI is InChI=1S/C13H22ClN3O2S/c1-10-12(15)8-11(14)9-13(10)20(18,19)16-6-4-5-7-17(2)3/h8-9,16H,4-7,15H2,1-3H3. The quantitative estimate of drug-likeness (QED) is 0.594. The van der Waals surface area contributed by atoms with Crippen molar-refractivity contribution in [1.82, 2.24) is 9.62 Å². The first kappa shape index (κ1) is 17.2. The van der Waals surface area contributed by atoms with Crippen LogP contribution < -0.4 is 10.5 Å². The molecule has 0 aliphatic heterocycles. The van der Waals surface area contributed by atoms with E-state index < -0.39 is 10.0 Å². The van der Waals surface area contributed by atoms with Crippen molar-refractivity contribution in [2.75, 3.05) is 32.9 Å². The number of benzene rings is 1. The zero-order valence-electron chi connectivity index (χ0n) is 12.1. The van der Waals surface area contributed by atoms with Gasteiger partial charge in [0, 0.05) is 17.3 Å². The molecule has 0 aliphatic rings. The maximum atomic E-state index is 12.2. The Morgan fingerprint density at radius 2 is 1.95 bits per heavy atom. The summed E-state index contributed by atoms with van der Waals surface area (Å²) in [7, 11) is 0.412. The molecule has 0 saturated carbocycles. The van der Waals surface area contributed by atoms with Crippen molar-refractivity contribution in [2.45, 2.75) is 24.7 Å². The van der Waals surface area contributed by atoms with Crippen LogP contribution in [0.3, 0.4) is 0 Å². The number of unbranched alkanes of at least 4 members (excludes halogenated alkanes) is 1. The average Bonchev–Trinajstić information content (AvgIpc) is 2.32. The number of halogens is 1. The number of hydrogen-bond acceptors (Lipinski definition) is 4. The first-order chi connectivity index (χ1) is 9.24. The molecule has 3 N–H and O–H groups in total. The molecule has 0 radical (unpaired) electrons. The smallest absolute Gasteiger partial charge is 0.240 e. The molecule has 0 amide bonds. The molecule has 1 aromatic rings. The fourth-order valence-electron chi connectivity index (χ4n) is 1.79. The third-order valence-electron chi connectivity index (χ3n) is 2.98. The number of nitrogen functional groups attached to an aromatic ring is 1. The Hall–Kier alpha value is -0.820. The summed E-state index contributed by atoms with van der Waals surface area (Å²) in [6.45, 7) is 3.01. The molecule has 20 heavy (non-hydrogen) atoms. The number of nitrogens with zero attached hydrogens (tertiary/aromatic N) is 1. The number of hydrogen-bond donors (Lipinski definition) is 2. The van der Waals surface area contributed by atoms with E-state index in [-0.39, 0.29) is 4.90 Å². The molecule has 0 heterocycles. The predicted octanol–water partition coefficient (Wildman–Crippen LogP) is 1.85. The van der Waals surface area contributed by atoms with Gasteiger partial charge in [-0.05, 0) is 58.1 Å². The molecule has 0 aromatic heterocycles. The van der Waals surface area contributed by atoms with Gasteiger partial charge in [-0.15, -0.1) is 0 Å². The van der Waals surface area contributed by atoms with E-state index in [1.807, 2.05) is 14.1 Å². The van der Waals surface area contributed by atoms with Crippen LogP contribution in [0.1, 0.15) is 18.4 Å². The third-order valence-corrected chi connectivity index (χ3v) is 4.78. The molecule has 0 unspecified atom stereocenters. The minimum Gasteiger partial charge on any atom is -0.398 e. The van der Waals surface area contributed by atoms with Crippen molar-refractivity contribution >= 4 is 27.3 Å². The minimum absolute atomic E-state index is 0.148. The molecule has 0 spiro atoms. The maximum Gasteiger partial charge on any atom is 0.240 e. The number of nitrogens with one attached hydrogen (secondary N) is 1. The summed E-state index contributed by atoms with van der Waals surface area (Å²) in [5.74, 6) is 0. The van der Waals surface area contributed by atoms with E-state index in [4.69, 9.17) is 17.3 Å². The summed E-state index contributed by atoms with van der Waals surface area (Å²) in [4.78, 5) is 2.21. The molecule has 5 nitrogen and oxygen atoms in total. The molecule has 7 heteroatoms. The van der Waals surface area contributed by atoms with Gasteiger partial charge in [0.15, 0.2) is 0 Å². The number of nitrogens with two attached hydrogens (primary N) is 1. The first-order valence-corrected chi connectivity index (χ1v) is 8.30. The van der Waals surface area contributed by atoms with Crippen LogP contribution in [0.15, 0.2) is 17.0 Å². The topological polar surface area (TPSA) is 75.4 Å². The monoisotopic (exact) mass is 319 g/mol. The van der Waals surface area contributed by atoms with E-state index in [1.54, 1.807) is 13.0 Å². The molecule has 0 atom stereocenters. The lowest BCUT2D eigenvalue weighted by atomic mass is 10.2. The van der Waals surface area contributed by atoms with Gasteiger partial charge in [0.2, 0.25) is 10.0 Å². The van der Waals surface area contributed by atoms with E-state index in [2.05, 4.69) is 9.62 Å². The van der Waals surface area contributed by atoms with E-state index in [1.165, 1.54) is 6.07 Å². The van der Waals surface area contributed by atoms with Crippen molar-refractivity contribution < 1.29 is 8.42 Å². The lowest BCUT2D eigenvalue weighted by molar-refractivity contribution is 0.394. The molecule has 0 saturated heterocycles. The van der Waals surface area contributed by atoms with Crippen LogP contribution in [0.25, 0.3) is 0 Å². The van der Waals surface area contributed by atoms with Crippen LogP contribution in [0, 0.1) is 6.92 Å². The van der Waals surface area contributed by atoms with Crippen LogP contribution in [0.2, 0.25) is 5.02 Å². The Labute approximate surface area is 126 Å². The van der Waals surface area contributed by atoms with E-state index in [0.29, 0.717) is 22.8 Å². The van der Waals surface area contributed by atoms with Crippen molar-refractivity contribution in [2.24, 2.45) is 0 Å². The van der Waals surface area contributed by atoms with Gasteiger partial charge in [-0.2, -0.15) is 0 Å². The fraction of sp³-hybridized carbons (Fsp3) is 0.538. The Kier molecular flexibility index (Phi) is 6.26. The zero-order chi connectivity index (χ0) is 15.3. The summed E-state index contributed by atoms with van der Waals surface area (Å²) in [6.07, 6.45) is 1.72. The lowest BCUT2D eigenvalue weighted by Crippen LogP contribution is -2.26. The van der Waals surface area contributed by atoms with Gasteiger partial charge in [-0.25, -0.2) is 13.1 Å². The highest BCUT2D eigenvalue weighted by atomic mass is 35.5. The maximum absolute atomic E-state index is 12.2. The number of anilines is 1. The second-order valence-corrected chi connectivity index (χ2v) is 7.20. The molecule has 0 fully saturated rings. The zero-order valence-corrected chi connectivity index (χ0v) is 13.7. The molecule has 1 aromatic carbocycles. The normalized spacial score (nSPS) is 12.1. The summed E-state index contributed by atoms with van der Waals surface area (Å²) >= 11 is 5.87. The van der Waals surface area contributed by atoms with Gasteiger partial charge in [0.25, 0.3) is 0 Å². The highest BCUT2D eigenvalue weighted by Crippen LogP contribution is 2.25. The van der Waals surface area contributed by atoms with Gasteiger partial charge in [0.1, 0.15) is 0 Å².